The first-order chi connectivity index (χ1) is 15.3. The Morgan fingerprint density at radius 1 is 1.34 bits per heavy atom. The summed E-state index contributed by atoms with van der Waals surface area (Å²) in [6, 6.07) is 3.04. The van der Waals surface area contributed by atoms with Crippen LogP contribution in [0.15, 0.2) is 12.1 Å². The minimum Gasteiger partial charge on any atom is -0.481 e. The van der Waals surface area contributed by atoms with E-state index in [0.717, 1.165) is 12.8 Å². The van der Waals surface area contributed by atoms with E-state index in [9.17, 15) is 20.0 Å². The molecule has 9 nitrogen and oxygen atoms in total. The van der Waals surface area contributed by atoms with Gasteiger partial charge in [-0.3, -0.25) is 14.9 Å². The fourth-order valence-electron chi connectivity index (χ4n) is 5.33. The third kappa shape index (κ3) is 5.88. The molecule has 0 radical (unpaired) electrons. The molecule has 0 aromatic carbocycles. The number of anilines is 2. The van der Waals surface area contributed by atoms with Crippen molar-refractivity contribution in [2.24, 2.45) is 23.7 Å². The zero-order valence-electron chi connectivity index (χ0n) is 19.3. The highest BCUT2D eigenvalue weighted by atomic mass is 16.6. The van der Waals surface area contributed by atoms with Gasteiger partial charge >= 0.3 is 11.7 Å². The van der Waals surface area contributed by atoms with Crippen LogP contribution < -0.4 is 10.2 Å². The number of carbonyl (C=O) groups is 1. The molecule has 2 fully saturated rings. The number of nitro groups is 1. The third-order valence-corrected chi connectivity index (χ3v) is 6.88. The topological polar surface area (TPSA) is 118 Å². The molecule has 1 aromatic rings. The van der Waals surface area contributed by atoms with Crippen molar-refractivity contribution in [3.8, 4) is 0 Å². The predicted octanol–water partition coefficient (Wildman–Crippen LogP) is 4.18. The highest BCUT2D eigenvalue weighted by Gasteiger charge is 2.33. The van der Waals surface area contributed by atoms with E-state index in [-0.39, 0.29) is 17.6 Å². The standard InChI is InChI=1S/C23H36N4O5/c1-15(2)21-16(3)6-4-8-19(21)32-13-11-24-22-18(27(30)31)9-10-20(25-22)26-12-5-7-17(14-26)23(28)29/h9-10,15-17,19,21H,4-8,11-14H2,1-3H3,(H,24,25)(H,28,29). The number of nitrogens with zero attached hydrogens (tertiary/aromatic N) is 3. The average Bonchev–Trinajstić information content (AvgIpc) is 2.76. The predicted molar refractivity (Wildman–Crippen MR) is 123 cm³/mol. The van der Waals surface area contributed by atoms with Crippen LogP contribution in [-0.4, -0.2) is 53.3 Å². The maximum Gasteiger partial charge on any atom is 0.311 e. The third-order valence-electron chi connectivity index (χ3n) is 6.88. The lowest BCUT2D eigenvalue weighted by atomic mass is 9.72. The molecule has 2 aliphatic rings. The van der Waals surface area contributed by atoms with E-state index < -0.39 is 16.8 Å². The lowest BCUT2D eigenvalue weighted by Crippen LogP contribution is -2.39. The number of piperidine rings is 1. The minimum absolute atomic E-state index is 0.0908. The van der Waals surface area contributed by atoms with E-state index >= 15 is 0 Å². The van der Waals surface area contributed by atoms with Crippen LogP contribution in [-0.2, 0) is 9.53 Å². The summed E-state index contributed by atoms with van der Waals surface area (Å²) in [5.41, 5.74) is -0.0908. The fourth-order valence-corrected chi connectivity index (χ4v) is 5.33. The summed E-state index contributed by atoms with van der Waals surface area (Å²) in [6.07, 6.45) is 5.08. The Balaban J connectivity index is 1.63. The van der Waals surface area contributed by atoms with Gasteiger partial charge in [0, 0.05) is 25.7 Å². The summed E-state index contributed by atoms with van der Waals surface area (Å²) >= 11 is 0. The van der Waals surface area contributed by atoms with Crippen molar-refractivity contribution >= 4 is 23.3 Å². The molecule has 178 valence electrons. The van der Waals surface area contributed by atoms with Gasteiger partial charge in [-0.25, -0.2) is 4.98 Å². The van der Waals surface area contributed by atoms with Crippen LogP contribution in [0.2, 0.25) is 0 Å². The molecular formula is C23H36N4O5. The van der Waals surface area contributed by atoms with Gasteiger partial charge in [0.05, 0.1) is 23.6 Å². The maximum atomic E-state index is 11.5. The summed E-state index contributed by atoms with van der Waals surface area (Å²) in [5.74, 6) is 1.22. The number of ether oxygens (including phenoxy) is 1. The van der Waals surface area contributed by atoms with Gasteiger partial charge in [0.2, 0.25) is 5.82 Å². The number of aliphatic carboxylic acids is 1. The normalized spacial score (nSPS) is 26.2. The largest absolute Gasteiger partial charge is 0.481 e. The first-order valence-electron chi connectivity index (χ1n) is 11.8. The zero-order chi connectivity index (χ0) is 23.3. The summed E-state index contributed by atoms with van der Waals surface area (Å²) < 4.78 is 6.20. The second kappa shape index (κ2) is 10.9. The van der Waals surface area contributed by atoms with E-state index in [4.69, 9.17) is 4.74 Å². The van der Waals surface area contributed by atoms with Crippen LogP contribution in [0.5, 0.6) is 0 Å². The first-order valence-corrected chi connectivity index (χ1v) is 11.8. The Bertz CT molecular complexity index is 803. The molecular weight excluding hydrogens is 412 g/mol. The van der Waals surface area contributed by atoms with Gasteiger partial charge in [0.15, 0.2) is 0 Å². The number of carboxylic acids is 1. The molecule has 32 heavy (non-hydrogen) atoms. The van der Waals surface area contributed by atoms with Crippen LogP contribution in [0.1, 0.15) is 52.9 Å². The quantitative estimate of drug-likeness (QED) is 0.328. The molecule has 1 aliphatic heterocycles. The van der Waals surface area contributed by atoms with Gasteiger partial charge in [0.1, 0.15) is 5.82 Å². The Morgan fingerprint density at radius 2 is 2.12 bits per heavy atom. The number of nitrogens with one attached hydrogen (secondary N) is 1. The molecule has 4 atom stereocenters. The van der Waals surface area contributed by atoms with Crippen LogP contribution in [0, 0.1) is 33.8 Å². The summed E-state index contributed by atoms with van der Waals surface area (Å²) in [5, 5.41) is 23.9. The SMILES string of the molecule is CC(C)C1C(C)CCCC1OCCNc1nc(N2CCCC(C(=O)O)C2)ccc1[N+](=O)[O-]. The molecule has 2 heterocycles. The number of pyridine rings is 1. The summed E-state index contributed by atoms with van der Waals surface area (Å²) in [4.78, 5) is 28.8. The van der Waals surface area contributed by atoms with E-state index in [0.29, 0.717) is 56.2 Å². The van der Waals surface area contributed by atoms with E-state index in [1.807, 2.05) is 4.90 Å². The average molecular weight is 449 g/mol. The molecule has 9 heteroatoms. The van der Waals surface area contributed by atoms with E-state index in [1.54, 1.807) is 6.07 Å². The van der Waals surface area contributed by atoms with Gasteiger partial charge in [-0.15, -0.1) is 0 Å². The number of hydrogen-bond acceptors (Lipinski definition) is 7. The van der Waals surface area contributed by atoms with Crippen molar-refractivity contribution in [2.75, 3.05) is 36.5 Å². The van der Waals surface area contributed by atoms with Crippen molar-refractivity contribution in [3.63, 3.8) is 0 Å². The summed E-state index contributed by atoms with van der Waals surface area (Å²) in [7, 11) is 0. The van der Waals surface area contributed by atoms with Gasteiger partial charge < -0.3 is 20.1 Å². The van der Waals surface area contributed by atoms with E-state index in [2.05, 4.69) is 31.1 Å². The van der Waals surface area contributed by atoms with Gasteiger partial charge in [0.25, 0.3) is 0 Å². The lowest BCUT2D eigenvalue weighted by molar-refractivity contribution is -0.384. The Labute approximate surface area is 189 Å². The van der Waals surface area contributed by atoms with Crippen molar-refractivity contribution in [1.82, 2.24) is 4.98 Å². The lowest BCUT2D eigenvalue weighted by Gasteiger charge is -2.39. The molecule has 1 aliphatic carbocycles. The molecule has 1 saturated carbocycles. The minimum atomic E-state index is -0.816. The van der Waals surface area contributed by atoms with Gasteiger partial charge in [-0.05, 0) is 43.1 Å². The van der Waals surface area contributed by atoms with Gasteiger partial charge in [-0.1, -0.05) is 33.6 Å². The Kier molecular flexibility index (Phi) is 8.28. The van der Waals surface area contributed by atoms with E-state index in [1.165, 1.54) is 18.9 Å². The smallest absolute Gasteiger partial charge is 0.311 e. The van der Waals surface area contributed by atoms with Gasteiger partial charge in [-0.2, -0.15) is 0 Å². The highest BCUT2D eigenvalue weighted by Crippen LogP contribution is 2.36. The van der Waals surface area contributed by atoms with Crippen LogP contribution >= 0.6 is 0 Å². The second-order valence-corrected chi connectivity index (χ2v) is 9.48. The fraction of sp³-hybridized carbons (Fsp3) is 0.739. The molecule has 0 amide bonds. The molecule has 2 N–H and O–H groups in total. The molecule has 1 saturated heterocycles. The molecule has 3 rings (SSSR count). The van der Waals surface area contributed by atoms with Crippen molar-refractivity contribution in [3.05, 3.63) is 22.2 Å². The van der Waals surface area contributed by atoms with Crippen molar-refractivity contribution in [2.45, 2.75) is 59.0 Å². The maximum absolute atomic E-state index is 11.5. The van der Waals surface area contributed by atoms with Crippen LogP contribution in [0.25, 0.3) is 0 Å². The van der Waals surface area contributed by atoms with Crippen molar-refractivity contribution in [1.29, 1.82) is 0 Å². The zero-order valence-corrected chi connectivity index (χ0v) is 19.3. The molecule has 0 spiro atoms. The number of aromatic nitrogens is 1. The second-order valence-electron chi connectivity index (χ2n) is 9.48. The highest BCUT2D eigenvalue weighted by molar-refractivity contribution is 5.71. The molecule has 0 bridgehead atoms. The van der Waals surface area contributed by atoms with Crippen LogP contribution in [0.3, 0.4) is 0 Å². The Morgan fingerprint density at radius 3 is 2.81 bits per heavy atom. The summed E-state index contributed by atoms with van der Waals surface area (Å²) in [6.45, 7) is 8.71. The number of carboxylic acid groups (broad SMARTS) is 1. The van der Waals surface area contributed by atoms with Crippen LogP contribution in [0.4, 0.5) is 17.3 Å². The first kappa shape index (κ1) is 24.2. The number of hydrogen-bond donors (Lipinski definition) is 2. The Hall–Kier alpha value is -2.42. The van der Waals surface area contributed by atoms with Crippen molar-refractivity contribution < 1.29 is 19.6 Å². The number of rotatable bonds is 9. The molecule has 1 aromatic heterocycles. The molecule has 4 unspecified atom stereocenters. The monoisotopic (exact) mass is 448 g/mol.